The highest BCUT2D eigenvalue weighted by molar-refractivity contribution is 5.51. The van der Waals surface area contributed by atoms with Gasteiger partial charge in [-0.3, -0.25) is 0 Å². The van der Waals surface area contributed by atoms with E-state index in [2.05, 4.69) is 62.2 Å². The highest BCUT2D eigenvalue weighted by Crippen LogP contribution is 2.36. The van der Waals surface area contributed by atoms with E-state index in [9.17, 15) is 0 Å². The lowest BCUT2D eigenvalue weighted by atomic mass is 9.76. The summed E-state index contributed by atoms with van der Waals surface area (Å²) in [6.45, 7) is 13.6. The van der Waals surface area contributed by atoms with Crippen LogP contribution in [0.5, 0.6) is 0 Å². The van der Waals surface area contributed by atoms with Crippen LogP contribution in [0.3, 0.4) is 0 Å². The predicted molar refractivity (Wildman–Crippen MR) is 79.0 cm³/mol. The molecule has 1 saturated heterocycles. The number of hydrogen-bond acceptors (Lipinski definition) is 2. The Morgan fingerprint density at radius 2 is 2.00 bits per heavy atom. The molecule has 18 heavy (non-hydrogen) atoms. The molecule has 0 unspecified atom stereocenters. The number of nitrogens with one attached hydrogen (secondary N) is 1. The van der Waals surface area contributed by atoms with E-state index in [1.54, 1.807) is 0 Å². The fraction of sp³-hybridized carbons (Fsp3) is 0.625. The third-order valence-corrected chi connectivity index (χ3v) is 3.96. The van der Waals surface area contributed by atoms with Crippen LogP contribution in [0.1, 0.15) is 33.3 Å². The fourth-order valence-electron chi connectivity index (χ4n) is 2.37. The van der Waals surface area contributed by atoms with Gasteiger partial charge >= 0.3 is 0 Å². The van der Waals surface area contributed by atoms with Crippen LogP contribution in [0.25, 0.3) is 0 Å². The molecule has 1 N–H and O–H groups in total. The standard InChI is InChI=1S/C16H26N2/c1-5-17-10-13-7-6-8-15(9-13)18-11-14(12-18)16(2,3)4/h6-9,14,17H,5,10-12H2,1-4H3. The van der Waals surface area contributed by atoms with Crippen molar-refractivity contribution in [3.05, 3.63) is 29.8 Å². The molecule has 2 heteroatoms. The average Bonchev–Trinajstić information content (AvgIpc) is 2.23. The smallest absolute Gasteiger partial charge is 0.0369 e. The van der Waals surface area contributed by atoms with Crippen molar-refractivity contribution in [2.75, 3.05) is 24.5 Å². The molecule has 0 aliphatic carbocycles. The Morgan fingerprint density at radius 1 is 1.28 bits per heavy atom. The van der Waals surface area contributed by atoms with Gasteiger partial charge in [0, 0.05) is 25.3 Å². The van der Waals surface area contributed by atoms with E-state index >= 15 is 0 Å². The zero-order valence-corrected chi connectivity index (χ0v) is 12.2. The summed E-state index contributed by atoms with van der Waals surface area (Å²) in [6.07, 6.45) is 0. The molecule has 0 aromatic heterocycles. The summed E-state index contributed by atoms with van der Waals surface area (Å²) in [5.74, 6) is 0.829. The van der Waals surface area contributed by atoms with E-state index < -0.39 is 0 Å². The minimum Gasteiger partial charge on any atom is -0.371 e. The molecule has 0 atom stereocenters. The molecule has 0 bridgehead atoms. The molecule has 1 heterocycles. The molecule has 100 valence electrons. The zero-order chi connectivity index (χ0) is 13.2. The molecule has 1 fully saturated rings. The van der Waals surface area contributed by atoms with Gasteiger partial charge in [0.1, 0.15) is 0 Å². The summed E-state index contributed by atoms with van der Waals surface area (Å²) in [7, 11) is 0. The summed E-state index contributed by atoms with van der Waals surface area (Å²) in [5.41, 5.74) is 3.21. The Hall–Kier alpha value is -1.02. The number of hydrogen-bond donors (Lipinski definition) is 1. The first kappa shape index (κ1) is 13.4. The summed E-state index contributed by atoms with van der Waals surface area (Å²) < 4.78 is 0. The van der Waals surface area contributed by atoms with Crippen LogP contribution >= 0.6 is 0 Å². The normalized spacial score (nSPS) is 16.8. The van der Waals surface area contributed by atoms with Crippen LogP contribution in [0.15, 0.2) is 24.3 Å². The lowest BCUT2D eigenvalue weighted by molar-refractivity contribution is 0.195. The maximum absolute atomic E-state index is 3.38. The van der Waals surface area contributed by atoms with Gasteiger partial charge < -0.3 is 10.2 Å². The van der Waals surface area contributed by atoms with Crippen molar-refractivity contribution in [1.82, 2.24) is 5.32 Å². The third kappa shape index (κ3) is 3.05. The van der Waals surface area contributed by atoms with Crippen molar-refractivity contribution in [3.63, 3.8) is 0 Å². The first-order chi connectivity index (χ1) is 8.50. The summed E-state index contributed by atoms with van der Waals surface area (Å²) in [4.78, 5) is 2.49. The average molecular weight is 246 g/mol. The lowest BCUT2D eigenvalue weighted by Gasteiger charge is -2.47. The van der Waals surface area contributed by atoms with Crippen LogP contribution in [0.4, 0.5) is 5.69 Å². The Morgan fingerprint density at radius 3 is 2.61 bits per heavy atom. The van der Waals surface area contributed by atoms with Crippen molar-refractivity contribution in [1.29, 1.82) is 0 Å². The van der Waals surface area contributed by atoms with Gasteiger partial charge in [-0.1, -0.05) is 39.8 Å². The number of nitrogens with zero attached hydrogens (tertiary/aromatic N) is 1. The van der Waals surface area contributed by atoms with Gasteiger partial charge in [0.2, 0.25) is 0 Å². The zero-order valence-electron chi connectivity index (χ0n) is 12.2. The molecule has 0 radical (unpaired) electrons. The van der Waals surface area contributed by atoms with Gasteiger partial charge in [0.15, 0.2) is 0 Å². The molecule has 1 aliphatic rings. The monoisotopic (exact) mass is 246 g/mol. The third-order valence-electron chi connectivity index (χ3n) is 3.96. The van der Waals surface area contributed by atoms with E-state index in [0.717, 1.165) is 19.0 Å². The maximum atomic E-state index is 3.38. The van der Waals surface area contributed by atoms with Crippen LogP contribution in [-0.2, 0) is 6.54 Å². The second-order valence-electron chi connectivity index (χ2n) is 6.42. The highest BCUT2D eigenvalue weighted by atomic mass is 15.2. The molecule has 1 aromatic carbocycles. The molecule has 0 spiro atoms. The minimum absolute atomic E-state index is 0.442. The van der Waals surface area contributed by atoms with Crippen molar-refractivity contribution in [2.24, 2.45) is 11.3 Å². The summed E-state index contributed by atoms with van der Waals surface area (Å²) in [6, 6.07) is 8.93. The SMILES string of the molecule is CCNCc1cccc(N2CC(C(C)(C)C)C2)c1. The second kappa shape index (κ2) is 5.31. The van der Waals surface area contributed by atoms with Crippen molar-refractivity contribution in [3.8, 4) is 0 Å². The molecular weight excluding hydrogens is 220 g/mol. The molecule has 0 saturated carbocycles. The Kier molecular flexibility index (Phi) is 3.96. The number of anilines is 1. The first-order valence-corrected chi connectivity index (χ1v) is 7.05. The minimum atomic E-state index is 0.442. The van der Waals surface area contributed by atoms with Gasteiger partial charge in [-0.25, -0.2) is 0 Å². The molecule has 2 rings (SSSR count). The molecule has 1 aliphatic heterocycles. The van der Waals surface area contributed by atoms with Crippen LogP contribution in [0, 0.1) is 11.3 Å². The first-order valence-electron chi connectivity index (χ1n) is 7.05. The van der Waals surface area contributed by atoms with Gasteiger partial charge in [-0.15, -0.1) is 0 Å². The summed E-state index contributed by atoms with van der Waals surface area (Å²) >= 11 is 0. The lowest BCUT2D eigenvalue weighted by Crippen LogP contribution is -2.52. The maximum Gasteiger partial charge on any atom is 0.0369 e. The molecular formula is C16H26N2. The van der Waals surface area contributed by atoms with E-state index in [-0.39, 0.29) is 0 Å². The van der Waals surface area contributed by atoms with Crippen molar-refractivity contribution >= 4 is 5.69 Å². The van der Waals surface area contributed by atoms with Gasteiger partial charge in [0.05, 0.1) is 0 Å². The van der Waals surface area contributed by atoms with Crippen molar-refractivity contribution in [2.45, 2.75) is 34.2 Å². The Labute approximate surface area is 111 Å². The van der Waals surface area contributed by atoms with E-state index in [4.69, 9.17) is 0 Å². The molecule has 0 amide bonds. The topological polar surface area (TPSA) is 15.3 Å². The van der Waals surface area contributed by atoms with Gasteiger partial charge in [0.25, 0.3) is 0 Å². The highest BCUT2D eigenvalue weighted by Gasteiger charge is 2.35. The largest absolute Gasteiger partial charge is 0.371 e. The van der Waals surface area contributed by atoms with Crippen LogP contribution in [-0.4, -0.2) is 19.6 Å². The van der Waals surface area contributed by atoms with E-state index in [0.29, 0.717) is 5.41 Å². The van der Waals surface area contributed by atoms with Gasteiger partial charge in [-0.05, 0) is 35.6 Å². The quantitative estimate of drug-likeness (QED) is 0.877. The van der Waals surface area contributed by atoms with Crippen LogP contribution < -0.4 is 10.2 Å². The predicted octanol–water partition coefficient (Wildman–Crippen LogP) is 3.28. The van der Waals surface area contributed by atoms with E-state index in [1.807, 2.05) is 0 Å². The second-order valence-corrected chi connectivity index (χ2v) is 6.42. The van der Waals surface area contributed by atoms with Crippen molar-refractivity contribution < 1.29 is 0 Å². The Balaban J connectivity index is 1.95. The molecule has 2 nitrogen and oxygen atoms in total. The van der Waals surface area contributed by atoms with Crippen LogP contribution in [0.2, 0.25) is 0 Å². The fourth-order valence-corrected chi connectivity index (χ4v) is 2.37. The number of rotatable bonds is 4. The Bertz CT molecular complexity index is 386. The summed E-state index contributed by atoms with van der Waals surface area (Å²) in [5, 5.41) is 3.38. The van der Waals surface area contributed by atoms with Gasteiger partial charge in [-0.2, -0.15) is 0 Å². The molecule has 1 aromatic rings. The number of benzene rings is 1. The van der Waals surface area contributed by atoms with E-state index in [1.165, 1.54) is 24.3 Å².